The van der Waals surface area contributed by atoms with Gasteiger partial charge in [-0.3, -0.25) is 19.2 Å². The zero-order valence-corrected chi connectivity index (χ0v) is 22.9. The van der Waals surface area contributed by atoms with Gasteiger partial charge in [-0.2, -0.15) is 0 Å². The Kier molecular flexibility index (Phi) is 8.57. The van der Waals surface area contributed by atoms with Crippen LogP contribution in [0, 0.1) is 0 Å². The Morgan fingerprint density at radius 3 is 2.18 bits per heavy atom. The molecule has 0 radical (unpaired) electrons. The first-order valence-electron chi connectivity index (χ1n) is 13.4. The molecule has 9 nitrogen and oxygen atoms in total. The number of amides is 2. The number of hydrogen-bond acceptors (Lipinski definition) is 7. The number of rotatable bonds is 8. The quantitative estimate of drug-likeness (QED) is 0.518. The fourth-order valence-corrected chi connectivity index (χ4v) is 5.17. The molecule has 0 aromatic heterocycles. The number of para-hydroxylation sites is 1. The maximum absolute atomic E-state index is 13.7. The fraction of sp³-hybridized carbons (Fsp3) is 0.467. The van der Waals surface area contributed by atoms with Crippen molar-refractivity contribution < 1.29 is 28.7 Å². The molecule has 0 aliphatic carbocycles. The van der Waals surface area contributed by atoms with E-state index in [-0.39, 0.29) is 37.8 Å². The van der Waals surface area contributed by atoms with Crippen LogP contribution in [0.25, 0.3) is 0 Å². The van der Waals surface area contributed by atoms with Crippen LogP contribution in [0.1, 0.15) is 52.0 Å². The van der Waals surface area contributed by atoms with Crippen molar-refractivity contribution in [2.24, 2.45) is 0 Å². The zero-order valence-electron chi connectivity index (χ0n) is 22.9. The molecule has 2 aliphatic heterocycles. The Balaban J connectivity index is 1.47. The minimum Gasteiger partial charge on any atom is -0.461 e. The van der Waals surface area contributed by atoms with Gasteiger partial charge in [-0.1, -0.05) is 48.5 Å². The molecule has 9 heteroatoms. The van der Waals surface area contributed by atoms with E-state index in [9.17, 15) is 19.2 Å². The third kappa shape index (κ3) is 6.96. The van der Waals surface area contributed by atoms with Crippen molar-refractivity contribution >= 4 is 29.4 Å². The van der Waals surface area contributed by atoms with Crippen molar-refractivity contribution in [3.05, 3.63) is 66.2 Å². The lowest BCUT2D eigenvalue weighted by Crippen LogP contribution is -2.73. The van der Waals surface area contributed by atoms with Gasteiger partial charge in [0.1, 0.15) is 23.8 Å². The lowest BCUT2D eigenvalue weighted by atomic mass is 9.81. The van der Waals surface area contributed by atoms with Crippen LogP contribution in [-0.2, 0) is 35.3 Å². The van der Waals surface area contributed by atoms with Crippen LogP contribution in [0.4, 0.5) is 5.69 Å². The Hall–Kier alpha value is -3.88. The van der Waals surface area contributed by atoms with Crippen LogP contribution >= 0.6 is 0 Å². The van der Waals surface area contributed by atoms with E-state index >= 15 is 0 Å². The molecule has 0 saturated carbocycles. The first kappa shape index (κ1) is 28.1. The van der Waals surface area contributed by atoms with Crippen molar-refractivity contribution in [2.75, 3.05) is 24.5 Å². The molecule has 2 aromatic rings. The smallest absolute Gasteiger partial charge is 0.308 e. The van der Waals surface area contributed by atoms with Gasteiger partial charge in [-0.05, 0) is 51.3 Å². The summed E-state index contributed by atoms with van der Waals surface area (Å²) >= 11 is 0. The summed E-state index contributed by atoms with van der Waals surface area (Å²) in [5.41, 5.74) is 0.112. The van der Waals surface area contributed by atoms with Gasteiger partial charge in [0.2, 0.25) is 11.8 Å². The van der Waals surface area contributed by atoms with E-state index in [1.54, 1.807) is 20.8 Å². The van der Waals surface area contributed by atoms with E-state index in [1.165, 1.54) is 4.90 Å². The Labute approximate surface area is 229 Å². The topological polar surface area (TPSA) is 105 Å². The third-order valence-electron chi connectivity index (χ3n) is 7.09. The van der Waals surface area contributed by atoms with Gasteiger partial charge in [-0.15, -0.1) is 0 Å². The van der Waals surface area contributed by atoms with Crippen LogP contribution in [0.2, 0.25) is 0 Å². The SMILES string of the molecule is CC(C)(C)OC(=O)CCN1C(=O)C(CC(=O)OCc2ccccc2)NC(=O)C12CCN(c1ccccc1)CC2. The Morgan fingerprint density at radius 1 is 0.949 bits per heavy atom. The lowest BCUT2D eigenvalue weighted by Gasteiger charge is -2.51. The molecule has 2 aromatic carbocycles. The minimum atomic E-state index is -1.10. The fourth-order valence-electron chi connectivity index (χ4n) is 5.17. The van der Waals surface area contributed by atoms with Gasteiger partial charge >= 0.3 is 11.9 Å². The van der Waals surface area contributed by atoms with Crippen LogP contribution in [0.5, 0.6) is 0 Å². The molecule has 0 bridgehead atoms. The Bertz CT molecular complexity index is 1170. The van der Waals surface area contributed by atoms with Gasteiger partial charge in [-0.25, -0.2) is 0 Å². The maximum atomic E-state index is 13.7. The van der Waals surface area contributed by atoms with Gasteiger partial charge in [0.05, 0.1) is 12.8 Å². The second-order valence-corrected chi connectivity index (χ2v) is 11.1. The normalized spacial score (nSPS) is 19.0. The highest BCUT2D eigenvalue weighted by atomic mass is 16.6. The molecule has 208 valence electrons. The van der Waals surface area contributed by atoms with Crippen molar-refractivity contribution in [3.8, 4) is 0 Å². The summed E-state index contributed by atoms with van der Waals surface area (Å²) in [6.07, 6.45) is 0.468. The number of nitrogens with one attached hydrogen (secondary N) is 1. The molecule has 1 unspecified atom stereocenters. The molecule has 1 N–H and O–H groups in total. The molecular formula is C30H37N3O6. The summed E-state index contributed by atoms with van der Waals surface area (Å²) in [7, 11) is 0. The predicted molar refractivity (Wildman–Crippen MR) is 146 cm³/mol. The average molecular weight is 536 g/mol. The Morgan fingerprint density at radius 2 is 1.56 bits per heavy atom. The number of esters is 2. The van der Waals surface area contributed by atoms with Crippen LogP contribution < -0.4 is 10.2 Å². The number of nitrogens with zero attached hydrogens (tertiary/aromatic N) is 2. The van der Waals surface area contributed by atoms with Crippen molar-refractivity contribution in [1.82, 2.24) is 10.2 Å². The molecule has 1 atom stereocenters. The van der Waals surface area contributed by atoms with Gasteiger partial charge in [0, 0.05) is 25.3 Å². The molecule has 2 fully saturated rings. The number of anilines is 1. The first-order chi connectivity index (χ1) is 18.6. The lowest BCUT2D eigenvalue weighted by molar-refractivity contribution is -0.165. The third-order valence-corrected chi connectivity index (χ3v) is 7.09. The summed E-state index contributed by atoms with van der Waals surface area (Å²) in [6.45, 7) is 6.58. The summed E-state index contributed by atoms with van der Waals surface area (Å²) in [5.74, 6) is -1.72. The van der Waals surface area contributed by atoms with Crippen LogP contribution in [-0.4, -0.2) is 65.5 Å². The van der Waals surface area contributed by atoms with Gasteiger partial charge in [0.15, 0.2) is 0 Å². The molecule has 2 amide bonds. The predicted octanol–water partition coefficient (Wildman–Crippen LogP) is 3.22. The molecule has 2 aliphatic rings. The summed E-state index contributed by atoms with van der Waals surface area (Å²) in [6, 6.07) is 18.1. The summed E-state index contributed by atoms with van der Waals surface area (Å²) in [4.78, 5) is 56.2. The number of piperazine rings is 1. The number of hydrogen-bond donors (Lipinski definition) is 1. The van der Waals surface area contributed by atoms with E-state index in [1.807, 2.05) is 60.7 Å². The number of piperidine rings is 1. The standard InChI is InChI=1S/C30H37N3O6/c1-29(2,3)39-25(34)14-17-33-27(36)24(20-26(35)38-21-22-10-6-4-7-11-22)31-28(37)30(33)15-18-32(19-16-30)23-12-8-5-9-13-23/h4-13,24H,14-21H2,1-3H3,(H,31,37). The monoisotopic (exact) mass is 535 g/mol. The van der Waals surface area contributed by atoms with Crippen LogP contribution in [0.3, 0.4) is 0 Å². The second kappa shape index (κ2) is 11.9. The van der Waals surface area contributed by atoms with E-state index in [4.69, 9.17) is 9.47 Å². The van der Waals surface area contributed by atoms with Crippen molar-refractivity contribution in [2.45, 2.75) is 70.2 Å². The molecule has 2 saturated heterocycles. The maximum Gasteiger partial charge on any atom is 0.308 e. The second-order valence-electron chi connectivity index (χ2n) is 11.1. The highest BCUT2D eigenvalue weighted by Crippen LogP contribution is 2.35. The van der Waals surface area contributed by atoms with Gasteiger partial charge < -0.3 is 24.6 Å². The highest BCUT2D eigenvalue weighted by Gasteiger charge is 2.54. The number of ether oxygens (including phenoxy) is 2. The van der Waals surface area contributed by atoms with Gasteiger partial charge in [0.25, 0.3) is 0 Å². The largest absolute Gasteiger partial charge is 0.461 e. The van der Waals surface area contributed by atoms with Crippen LogP contribution in [0.15, 0.2) is 60.7 Å². The van der Waals surface area contributed by atoms with E-state index in [2.05, 4.69) is 10.2 Å². The molecule has 2 heterocycles. The molecule has 1 spiro atoms. The summed E-state index contributed by atoms with van der Waals surface area (Å²) < 4.78 is 10.8. The van der Waals surface area contributed by atoms with E-state index in [0.717, 1.165) is 11.3 Å². The van der Waals surface area contributed by atoms with Crippen molar-refractivity contribution in [1.29, 1.82) is 0 Å². The molecule has 4 rings (SSSR count). The zero-order chi connectivity index (χ0) is 28.0. The van der Waals surface area contributed by atoms with E-state index in [0.29, 0.717) is 25.9 Å². The minimum absolute atomic E-state index is 0.0298. The summed E-state index contributed by atoms with van der Waals surface area (Å²) in [5, 5.41) is 2.80. The molecule has 39 heavy (non-hydrogen) atoms. The highest BCUT2D eigenvalue weighted by molar-refractivity contribution is 6.01. The molecular weight excluding hydrogens is 498 g/mol. The number of carbonyl (C=O) groups is 4. The number of carbonyl (C=O) groups excluding carboxylic acids is 4. The average Bonchev–Trinajstić information content (AvgIpc) is 2.91. The first-order valence-corrected chi connectivity index (χ1v) is 13.4. The number of benzene rings is 2. The van der Waals surface area contributed by atoms with E-state index < -0.39 is 29.1 Å². The van der Waals surface area contributed by atoms with Crippen molar-refractivity contribution in [3.63, 3.8) is 0 Å².